The van der Waals surface area contributed by atoms with Gasteiger partial charge >= 0.3 is 6.03 Å². The predicted octanol–water partition coefficient (Wildman–Crippen LogP) is 6.02. The molecule has 1 aliphatic heterocycles. The second kappa shape index (κ2) is 9.03. The van der Waals surface area contributed by atoms with Gasteiger partial charge < -0.3 is 14.8 Å². The molecule has 0 spiro atoms. The standard InChI is InChI=1S/C29H25N3O3/c1-4-16-34-24-13-10-21(11-14-24)27-25(20-8-6-5-7-9-20)19-32(31-27)28(33)30-23-12-15-26-22(17-23)18-29(2,3)35-26/h1,5-15,17,19H,16,18H2,2-3H3,(H,30,33). The Bertz CT molecular complexity index is 1410. The second-order valence-electron chi connectivity index (χ2n) is 9.01. The number of carbonyl (C=O) groups is 1. The maximum atomic E-state index is 13.2. The number of hydrogen-bond acceptors (Lipinski definition) is 4. The Morgan fingerprint density at radius 1 is 1.11 bits per heavy atom. The Morgan fingerprint density at radius 2 is 1.89 bits per heavy atom. The average molecular weight is 464 g/mol. The van der Waals surface area contributed by atoms with E-state index in [2.05, 4.69) is 30.2 Å². The summed E-state index contributed by atoms with van der Waals surface area (Å²) < 4.78 is 12.8. The van der Waals surface area contributed by atoms with E-state index in [9.17, 15) is 4.79 Å². The molecular formula is C29H25N3O3. The van der Waals surface area contributed by atoms with Crippen LogP contribution in [0.4, 0.5) is 10.5 Å². The molecule has 0 fully saturated rings. The van der Waals surface area contributed by atoms with Crippen LogP contribution in [-0.2, 0) is 6.42 Å². The van der Waals surface area contributed by atoms with E-state index in [4.69, 9.17) is 15.9 Å². The summed E-state index contributed by atoms with van der Waals surface area (Å²) in [5, 5.41) is 7.61. The summed E-state index contributed by atoms with van der Waals surface area (Å²) in [6.45, 7) is 4.31. The highest BCUT2D eigenvalue weighted by Crippen LogP contribution is 2.36. The van der Waals surface area contributed by atoms with Crippen molar-refractivity contribution in [3.8, 4) is 46.2 Å². The molecule has 0 aliphatic carbocycles. The topological polar surface area (TPSA) is 65.4 Å². The van der Waals surface area contributed by atoms with Crippen molar-refractivity contribution in [1.29, 1.82) is 0 Å². The van der Waals surface area contributed by atoms with Crippen molar-refractivity contribution in [2.24, 2.45) is 0 Å². The van der Waals surface area contributed by atoms with Gasteiger partial charge in [0.15, 0.2) is 0 Å². The van der Waals surface area contributed by atoms with Crippen LogP contribution in [0.2, 0.25) is 0 Å². The fourth-order valence-corrected chi connectivity index (χ4v) is 4.22. The number of fused-ring (bicyclic) bond motifs is 1. The van der Waals surface area contributed by atoms with Gasteiger partial charge in [-0.25, -0.2) is 4.79 Å². The van der Waals surface area contributed by atoms with E-state index >= 15 is 0 Å². The summed E-state index contributed by atoms with van der Waals surface area (Å²) in [7, 11) is 0. The number of hydrogen-bond donors (Lipinski definition) is 1. The van der Waals surface area contributed by atoms with E-state index in [0.29, 0.717) is 17.1 Å². The number of rotatable bonds is 5. The third-order valence-corrected chi connectivity index (χ3v) is 5.77. The first-order valence-electron chi connectivity index (χ1n) is 11.4. The fraction of sp³-hybridized carbons (Fsp3) is 0.172. The van der Waals surface area contributed by atoms with Crippen LogP contribution in [0.15, 0.2) is 79.0 Å². The quantitative estimate of drug-likeness (QED) is 0.368. The molecule has 0 bridgehead atoms. The van der Waals surface area contributed by atoms with Crippen molar-refractivity contribution in [3.63, 3.8) is 0 Å². The summed E-state index contributed by atoms with van der Waals surface area (Å²) in [6, 6.07) is 22.7. The van der Waals surface area contributed by atoms with Crippen LogP contribution in [0.5, 0.6) is 11.5 Å². The first-order chi connectivity index (χ1) is 16.9. The van der Waals surface area contributed by atoms with Crippen LogP contribution in [-0.4, -0.2) is 28.0 Å². The van der Waals surface area contributed by atoms with Crippen LogP contribution in [0.3, 0.4) is 0 Å². The van der Waals surface area contributed by atoms with E-state index < -0.39 is 0 Å². The van der Waals surface area contributed by atoms with Gasteiger partial charge in [0.2, 0.25) is 0 Å². The number of carbonyl (C=O) groups excluding carboxylic acids is 1. The molecule has 6 heteroatoms. The van der Waals surface area contributed by atoms with Crippen molar-refractivity contribution in [2.45, 2.75) is 25.9 Å². The first-order valence-corrected chi connectivity index (χ1v) is 11.4. The number of benzene rings is 3. The van der Waals surface area contributed by atoms with Gasteiger partial charge in [0, 0.05) is 35.0 Å². The summed E-state index contributed by atoms with van der Waals surface area (Å²) in [5.74, 6) is 3.99. The lowest BCUT2D eigenvalue weighted by Crippen LogP contribution is -2.24. The highest BCUT2D eigenvalue weighted by Gasteiger charge is 2.30. The van der Waals surface area contributed by atoms with E-state index in [1.165, 1.54) is 4.68 Å². The van der Waals surface area contributed by atoms with Crippen LogP contribution < -0.4 is 14.8 Å². The van der Waals surface area contributed by atoms with Gasteiger partial charge in [0.1, 0.15) is 29.4 Å². The minimum absolute atomic E-state index is 0.204. The molecule has 3 aromatic carbocycles. The van der Waals surface area contributed by atoms with E-state index in [1.54, 1.807) is 6.20 Å². The Hall–Kier alpha value is -4.50. The van der Waals surface area contributed by atoms with Gasteiger partial charge in [-0.2, -0.15) is 9.78 Å². The molecule has 5 rings (SSSR count). The van der Waals surface area contributed by atoms with Gasteiger partial charge in [-0.05, 0) is 61.9 Å². The normalized spacial score (nSPS) is 13.4. The molecule has 35 heavy (non-hydrogen) atoms. The molecular weight excluding hydrogens is 438 g/mol. The zero-order valence-electron chi connectivity index (χ0n) is 19.6. The van der Waals surface area contributed by atoms with E-state index in [0.717, 1.165) is 34.4 Å². The molecule has 174 valence electrons. The lowest BCUT2D eigenvalue weighted by atomic mass is 10.0. The summed E-state index contributed by atoms with van der Waals surface area (Å²) in [4.78, 5) is 13.2. The van der Waals surface area contributed by atoms with Gasteiger partial charge in [0.25, 0.3) is 0 Å². The number of ether oxygens (including phenoxy) is 2. The average Bonchev–Trinajstić information content (AvgIpc) is 3.43. The van der Waals surface area contributed by atoms with Gasteiger partial charge in [-0.3, -0.25) is 0 Å². The van der Waals surface area contributed by atoms with Crippen molar-refractivity contribution in [1.82, 2.24) is 9.78 Å². The van der Waals surface area contributed by atoms with Crippen molar-refractivity contribution >= 4 is 11.7 Å². The van der Waals surface area contributed by atoms with Crippen molar-refractivity contribution in [3.05, 3.63) is 84.6 Å². The van der Waals surface area contributed by atoms with Crippen LogP contribution >= 0.6 is 0 Å². The Balaban J connectivity index is 1.45. The zero-order valence-corrected chi connectivity index (χ0v) is 19.6. The van der Waals surface area contributed by atoms with Crippen LogP contribution in [0.1, 0.15) is 19.4 Å². The molecule has 0 radical (unpaired) electrons. The van der Waals surface area contributed by atoms with Crippen molar-refractivity contribution < 1.29 is 14.3 Å². The maximum absolute atomic E-state index is 13.2. The summed E-state index contributed by atoms with van der Waals surface area (Å²) in [6.07, 6.45) is 7.82. The smallest absolute Gasteiger partial charge is 0.346 e. The van der Waals surface area contributed by atoms with Gasteiger partial charge in [-0.1, -0.05) is 36.3 Å². The number of nitrogens with one attached hydrogen (secondary N) is 1. The second-order valence-corrected chi connectivity index (χ2v) is 9.01. The minimum atomic E-state index is -0.347. The molecule has 0 unspecified atom stereocenters. The third-order valence-electron chi connectivity index (χ3n) is 5.77. The minimum Gasteiger partial charge on any atom is -0.487 e. The Morgan fingerprint density at radius 3 is 2.63 bits per heavy atom. The predicted molar refractivity (Wildman–Crippen MR) is 137 cm³/mol. The molecule has 1 aromatic heterocycles. The van der Waals surface area contributed by atoms with Crippen LogP contribution in [0, 0.1) is 12.3 Å². The van der Waals surface area contributed by atoms with E-state index in [-0.39, 0.29) is 18.2 Å². The molecule has 6 nitrogen and oxygen atoms in total. The molecule has 0 saturated heterocycles. The SMILES string of the molecule is C#CCOc1ccc(-c2nn(C(=O)Nc3ccc4c(c3)CC(C)(C)O4)cc2-c2ccccc2)cc1. The Labute approximate surface area is 204 Å². The lowest BCUT2D eigenvalue weighted by Gasteiger charge is -2.16. The van der Waals surface area contributed by atoms with Crippen molar-refractivity contribution in [2.75, 3.05) is 11.9 Å². The number of aromatic nitrogens is 2. The summed E-state index contributed by atoms with van der Waals surface area (Å²) >= 11 is 0. The van der Waals surface area contributed by atoms with Crippen LogP contribution in [0.25, 0.3) is 22.4 Å². The molecule has 4 aromatic rings. The highest BCUT2D eigenvalue weighted by atomic mass is 16.5. The largest absolute Gasteiger partial charge is 0.487 e. The zero-order chi connectivity index (χ0) is 24.4. The molecule has 2 heterocycles. The first kappa shape index (κ1) is 22.3. The monoisotopic (exact) mass is 463 g/mol. The van der Waals surface area contributed by atoms with Gasteiger partial charge in [-0.15, -0.1) is 6.42 Å². The molecule has 0 atom stereocenters. The molecule has 0 saturated carbocycles. The number of nitrogens with zero attached hydrogens (tertiary/aromatic N) is 2. The molecule has 1 aliphatic rings. The number of amides is 1. The fourth-order valence-electron chi connectivity index (χ4n) is 4.22. The maximum Gasteiger partial charge on any atom is 0.346 e. The number of terminal acetylenes is 1. The number of anilines is 1. The lowest BCUT2D eigenvalue weighted by molar-refractivity contribution is 0.138. The molecule has 1 amide bonds. The summed E-state index contributed by atoms with van der Waals surface area (Å²) in [5.41, 5.74) is 4.90. The van der Waals surface area contributed by atoms with Gasteiger partial charge in [0.05, 0.1) is 0 Å². The van der Waals surface area contributed by atoms with E-state index in [1.807, 2.05) is 72.8 Å². The highest BCUT2D eigenvalue weighted by molar-refractivity contribution is 5.93. The Kier molecular flexibility index (Phi) is 5.76. The molecule has 1 N–H and O–H groups in total. The third kappa shape index (κ3) is 4.75.